The van der Waals surface area contributed by atoms with Crippen LogP contribution in [0.4, 0.5) is 22.0 Å². The molecule has 0 radical (unpaired) electrons. The molecule has 1 aliphatic heterocycles. The minimum Gasteiger partial charge on any atom is -0.395 e. The summed E-state index contributed by atoms with van der Waals surface area (Å²) in [4.78, 5) is 34.2. The molecule has 4 aromatic rings. The number of likely N-dealkylation sites (tertiary alicyclic amines) is 1. The van der Waals surface area contributed by atoms with E-state index >= 15 is 0 Å². The van der Waals surface area contributed by atoms with Gasteiger partial charge >= 0.3 is 6.03 Å². The molecule has 10 nitrogen and oxygen atoms in total. The summed E-state index contributed by atoms with van der Waals surface area (Å²) in [5.41, 5.74) is 4.43. The molecule has 43 heavy (non-hydrogen) atoms. The topological polar surface area (TPSA) is 112 Å². The van der Waals surface area contributed by atoms with E-state index in [1.54, 1.807) is 24.0 Å². The normalized spacial score (nSPS) is 14.1. The Bertz CT molecular complexity index is 1530. The number of carbonyl (C=O) groups is 2. The summed E-state index contributed by atoms with van der Waals surface area (Å²) >= 11 is 0. The molecule has 0 saturated carbocycles. The lowest BCUT2D eigenvalue weighted by atomic mass is 9.89. The van der Waals surface area contributed by atoms with Crippen LogP contribution < -0.4 is 15.5 Å². The number of amides is 2. The van der Waals surface area contributed by atoms with Crippen LogP contribution in [0.15, 0.2) is 73.1 Å². The maximum Gasteiger partial charge on any atom is 0.325 e. The maximum atomic E-state index is 13.2. The van der Waals surface area contributed by atoms with Gasteiger partial charge in [0.15, 0.2) is 0 Å². The maximum absolute atomic E-state index is 13.2. The zero-order valence-corrected chi connectivity index (χ0v) is 24.8. The molecular weight excluding hydrogens is 544 g/mol. The van der Waals surface area contributed by atoms with Crippen molar-refractivity contribution in [1.29, 1.82) is 0 Å². The number of hydrogen-bond acceptors (Lipinski definition) is 7. The minimum atomic E-state index is -0.216. The number of ether oxygens (including phenoxy) is 1. The van der Waals surface area contributed by atoms with Crippen LogP contribution in [0.25, 0.3) is 10.9 Å². The smallest absolute Gasteiger partial charge is 0.325 e. The quantitative estimate of drug-likeness (QED) is 0.217. The second-order valence-electron chi connectivity index (χ2n) is 10.6. The lowest BCUT2D eigenvalue weighted by Gasteiger charge is -2.31. The van der Waals surface area contributed by atoms with Crippen LogP contribution in [0, 0.1) is 0 Å². The Kier molecular flexibility index (Phi) is 10.0. The number of aliphatic hydroxyl groups excluding tert-OH is 1. The number of piperidine rings is 1. The third-order valence-corrected chi connectivity index (χ3v) is 8.03. The van der Waals surface area contributed by atoms with Crippen LogP contribution in [0.2, 0.25) is 0 Å². The van der Waals surface area contributed by atoms with Gasteiger partial charge in [0.05, 0.1) is 18.7 Å². The molecule has 10 heteroatoms. The van der Waals surface area contributed by atoms with E-state index in [2.05, 4.69) is 25.4 Å². The number of fused-ring (bicyclic) bond motifs is 1. The summed E-state index contributed by atoms with van der Waals surface area (Å²) in [5.74, 6) is 0.706. The number of rotatable bonds is 11. The first-order valence-electron chi connectivity index (χ1n) is 14.9. The summed E-state index contributed by atoms with van der Waals surface area (Å²) in [5, 5.41) is 15.7. The van der Waals surface area contributed by atoms with Crippen molar-refractivity contribution in [2.24, 2.45) is 0 Å². The summed E-state index contributed by atoms with van der Waals surface area (Å²) in [6.07, 6.45) is 5.54. The summed E-state index contributed by atoms with van der Waals surface area (Å²) in [7, 11) is 1.61. The molecule has 2 aromatic heterocycles. The van der Waals surface area contributed by atoms with Gasteiger partial charge < -0.3 is 30.3 Å². The second-order valence-corrected chi connectivity index (χ2v) is 10.6. The second kappa shape index (κ2) is 14.3. The molecule has 1 fully saturated rings. The molecule has 2 aromatic carbocycles. The first-order chi connectivity index (χ1) is 21.0. The monoisotopic (exact) mass is 584 g/mol. The van der Waals surface area contributed by atoms with E-state index < -0.39 is 0 Å². The van der Waals surface area contributed by atoms with E-state index in [1.807, 2.05) is 67.6 Å². The van der Waals surface area contributed by atoms with Crippen LogP contribution in [0.3, 0.4) is 0 Å². The van der Waals surface area contributed by atoms with Gasteiger partial charge in [0, 0.05) is 67.5 Å². The van der Waals surface area contributed by atoms with Crippen molar-refractivity contribution in [2.45, 2.75) is 25.7 Å². The van der Waals surface area contributed by atoms with Crippen molar-refractivity contribution in [2.75, 3.05) is 63.3 Å². The van der Waals surface area contributed by atoms with E-state index in [-0.39, 0.29) is 18.5 Å². The van der Waals surface area contributed by atoms with Crippen LogP contribution in [-0.4, -0.2) is 84.5 Å². The van der Waals surface area contributed by atoms with Gasteiger partial charge in [-0.1, -0.05) is 12.1 Å². The fourth-order valence-electron chi connectivity index (χ4n) is 5.68. The Balaban J connectivity index is 1.30. The number of aromatic nitrogens is 2. The molecule has 2 amide bonds. The van der Waals surface area contributed by atoms with Crippen molar-refractivity contribution in [3.05, 3.63) is 84.2 Å². The van der Waals surface area contributed by atoms with Gasteiger partial charge in [-0.2, -0.15) is 0 Å². The van der Waals surface area contributed by atoms with Gasteiger partial charge in [-0.25, -0.2) is 9.78 Å². The number of carbonyl (C=O) groups excluding carboxylic acids is 2. The average Bonchev–Trinajstić information content (AvgIpc) is 3.47. The minimum absolute atomic E-state index is 0.195. The number of nitrogens with zero attached hydrogens (tertiary/aromatic N) is 4. The zero-order chi connectivity index (χ0) is 30.2. The Morgan fingerprint density at radius 1 is 1.05 bits per heavy atom. The lowest BCUT2D eigenvalue weighted by Crippen LogP contribution is -2.34. The average molecular weight is 585 g/mol. The zero-order valence-electron chi connectivity index (χ0n) is 24.8. The van der Waals surface area contributed by atoms with Crippen molar-refractivity contribution in [3.63, 3.8) is 0 Å². The number of hydrogen-bond donors (Lipinski definition) is 3. The molecule has 1 saturated heterocycles. The highest BCUT2D eigenvalue weighted by Crippen LogP contribution is 2.31. The molecule has 1 aliphatic rings. The van der Waals surface area contributed by atoms with E-state index in [0.29, 0.717) is 37.1 Å². The molecule has 3 heterocycles. The number of β-amino-alcohol motifs (C(OH)–C–C–N with tert-alkyl or cyclic N) is 1. The van der Waals surface area contributed by atoms with Gasteiger partial charge in [-0.3, -0.25) is 9.36 Å². The van der Waals surface area contributed by atoms with Gasteiger partial charge in [-0.15, -0.1) is 0 Å². The third kappa shape index (κ3) is 7.22. The van der Waals surface area contributed by atoms with Crippen LogP contribution in [0.1, 0.15) is 41.6 Å². The van der Waals surface area contributed by atoms with Crippen LogP contribution in [-0.2, 0) is 4.74 Å². The Hall–Kier alpha value is -4.25. The molecule has 0 unspecified atom stereocenters. The fourth-order valence-corrected chi connectivity index (χ4v) is 5.68. The van der Waals surface area contributed by atoms with E-state index in [4.69, 9.17) is 4.74 Å². The van der Waals surface area contributed by atoms with Crippen molar-refractivity contribution >= 4 is 40.0 Å². The molecule has 5 rings (SSSR count). The van der Waals surface area contributed by atoms with Crippen LogP contribution in [0.5, 0.6) is 0 Å². The number of benzene rings is 2. The molecule has 226 valence electrons. The predicted molar refractivity (Wildman–Crippen MR) is 169 cm³/mol. The summed E-state index contributed by atoms with van der Waals surface area (Å²) in [6, 6.07) is 19.3. The summed E-state index contributed by atoms with van der Waals surface area (Å²) < 4.78 is 7.25. The van der Waals surface area contributed by atoms with Gasteiger partial charge in [0.1, 0.15) is 5.82 Å². The largest absolute Gasteiger partial charge is 0.395 e. The number of anilines is 3. The highest BCUT2D eigenvalue weighted by atomic mass is 16.5. The highest BCUT2D eigenvalue weighted by Gasteiger charge is 2.21. The lowest BCUT2D eigenvalue weighted by molar-refractivity contribution is 0.102. The number of aliphatic hydroxyl groups is 1. The highest BCUT2D eigenvalue weighted by molar-refractivity contribution is 6.04. The number of nitrogens with one attached hydrogen (secondary N) is 2. The van der Waals surface area contributed by atoms with Gasteiger partial charge in [0.2, 0.25) is 0 Å². The fraction of sp³-hybridized carbons (Fsp3) is 0.364. The van der Waals surface area contributed by atoms with E-state index in [0.717, 1.165) is 54.8 Å². The Morgan fingerprint density at radius 2 is 1.81 bits per heavy atom. The van der Waals surface area contributed by atoms with Crippen LogP contribution >= 0.6 is 0 Å². The molecule has 0 spiro atoms. The van der Waals surface area contributed by atoms with E-state index in [1.165, 1.54) is 5.56 Å². The molecule has 0 aliphatic carbocycles. The third-order valence-electron chi connectivity index (χ3n) is 8.03. The first-order valence-corrected chi connectivity index (χ1v) is 14.9. The number of pyridine rings is 1. The van der Waals surface area contributed by atoms with Crippen molar-refractivity contribution in [3.8, 4) is 0 Å². The first kappa shape index (κ1) is 30.2. The molecule has 0 atom stereocenters. The Labute approximate surface area is 252 Å². The SMILES string of the molecule is CCOCCN(c1ccnc(NC(=O)c2ccc(C3CCN(CCO)CC3)cc2)c1)c1ccc2c(ccn2C(=O)NC)c1. The van der Waals surface area contributed by atoms with Crippen molar-refractivity contribution in [1.82, 2.24) is 19.8 Å². The standard InChI is InChI=1S/C33H40N6O4/c1-3-43-21-19-38(28-8-9-30-27(22-28)13-17-39(30)33(42)34-2)29-10-14-35-31(23-29)36-32(41)26-6-4-24(5-7-26)25-11-15-37(16-12-25)18-20-40/h4-10,13-14,17,22-23,25,40H,3,11-12,15-16,18-21H2,1-2H3,(H,34,42)(H,35,36,41). The predicted octanol–water partition coefficient (Wildman–Crippen LogP) is 4.82. The molecular formula is C33H40N6O4. The van der Waals surface area contributed by atoms with Gasteiger partial charge in [0.25, 0.3) is 5.91 Å². The van der Waals surface area contributed by atoms with E-state index in [9.17, 15) is 14.7 Å². The Morgan fingerprint density at radius 3 is 2.53 bits per heavy atom. The van der Waals surface area contributed by atoms with Crippen molar-refractivity contribution < 1.29 is 19.4 Å². The van der Waals surface area contributed by atoms with Gasteiger partial charge in [-0.05, 0) is 86.8 Å². The molecule has 0 bridgehead atoms. The summed E-state index contributed by atoms with van der Waals surface area (Å²) in [6.45, 7) is 6.57. The molecule has 3 N–H and O–H groups in total.